The molecule has 0 bridgehead atoms. The number of nitrogens with zero attached hydrogens (tertiary/aromatic N) is 3. The van der Waals surface area contributed by atoms with E-state index in [1.54, 1.807) is 12.5 Å². The van der Waals surface area contributed by atoms with Crippen molar-refractivity contribution >= 4 is 5.91 Å². The Labute approximate surface area is 101 Å². The van der Waals surface area contributed by atoms with Gasteiger partial charge in [-0.3, -0.25) is 9.69 Å². The van der Waals surface area contributed by atoms with Gasteiger partial charge in [0.25, 0.3) is 0 Å². The maximum absolute atomic E-state index is 11.6. The summed E-state index contributed by atoms with van der Waals surface area (Å²) in [4.78, 5) is 17.8. The molecule has 1 fully saturated rings. The molecular weight excluding hydrogens is 218 g/mol. The molecule has 1 aliphatic heterocycles. The van der Waals surface area contributed by atoms with Crippen LogP contribution in [0.5, 0.6) is 0 Å². The van der Waals surface area contributed by atoms with Gasteiger partial charge in [-0.15, -0.1) is 0 Å². The molecule has 2 heterocycles. The van der Waals surface area contributed by atoms with Crippen molar-refractivity contribution in [2.45, 2.75) is 6.54 Å². The van der Waals surface area contributed by atoms with Gasteiger partial charge in [-0.2, -0.15) is 0 Å². The summed E-state index contributed by atoms with van der Waals surface area (Å²) < 4.78 is 1.95. The summed E-state index contributed by atoms with van der Waals surface area (Å²) in [6, 6.07) is 0. The number of amides is 1. The normalized spacial score (nSPS) is 16.9. The van der Waals surface area contributed by atoms with E-state index in [2.05, 4.69) is 20.5 Å². The molecule has 1 aromatic heterocycles. The van der Waals surface area contributed by atoms with E-state index in [1.807, 2.05) is 10.8 Å². The zero-order valence-corrected chi connectivity index (χ0v) is 9.93. The lowest BCUT2D eigenvalue weighted by atomic mass is 10.3. The second-order valence-electron chi connectivity index (χ2n) is 4.18. The summed E-state index contributed by atoms with van der Waals surface area (Å²) in [6.45, 7) is 5.79. The van der Waals surface area contributed by atoms with Gasteiger partial charge in [-0.05, 0) is 0 Å². The smallest absolute Gasteiger partial charge is 0.234 e. The fourth-order valence-electron chi connectivity index (χ4n) is 1.87. The van der Waals surface area contributed by atoms with Gasteiger partial charge in [-0.1, -0.05) is 0 Å². The molecule has 0 unspecified atom stereocenters. The van der Waals surface area contributed by atoms with Crippen molar-refractivity contribution in [1.82, 2.24) is 25.1 Å². The lowest BCUT2D eigenvalue weighted by Gasteiger charge is -2.26. The molecule has 0 atom stereocenters. The minimum Gasteiger partial charge on any atom is -0.353 e. The first kappa shape index (κ1) is 12.1. The molecule has 0 saturated carbocycles. The van der Waals surface area contributed by atoms with Gasteiger partial charge >= 0.3 is 0 Å². The maximum atomic E-state index is 11.6. The molecule has 6 nitrogen and oxygen atoms in total. The summed E-state index contributed by atoms with van der Waals surface area (Å²) in [5, 5.41) is 6.18. The van der Waals surface area contributed by atoms with Crippen LogP contribution in [0.4, 0.5) is 0 Å². The average Bonchev–Trinajstić information content (AvgIpc) is 2.83. The van der Waals surface area contributed by atoms with Crippen molar-refractivity contribution < 1.29 is 4.79 Å². The highest BCUT2D eigenvalue weighted by Gasteiger charge is 2.12. The standard InChI is InChI=1S/C11H19N5O/c17-11(9-15-5-1-12-2-6-15)14-4-8-16-7-3-13-10-16/h3,7,10,12H,1-2,4-6,8-9H2,(H,14,17). The monoisotopic (exact) mass is 237 g/mol. The van der Waals surface area contributed by atoms with Crippen LogP contribution in [-0.4, -0.2) is 59.6 Å². The summed E-state index contributed by atoms with van der Waals surface area (Å²) >= 11 is 0. The Morgan fingerprint density at radius 1 is 1.41 bits per heavy atom. The van der Waals surface area contributed by atoms with Crippen LogP contribution in [0.3, 0.4) is 0 Å². The van der Waals surface area contributed by atoms with Crippen LogP contribution in [0.2, 0.25) is 0 Å². The Kier molecular flexibility index (Phi) is 4.52. The molecule has 94 valence electrons. The van der Waals surface area contributed by atoms with E-state index in [0.29, 0.717) is 13.1 Å². The number of hydrogen-bond acceptors (Lipinski definition) is 4. The SMILES string of the molecule is O=C(CN1CCNCC1)NCCn1ccnc1. The molecule has 0 radical (unpaired) electrons. The van der Waals surface area contributed by atoms with E-state index in [4.69, 9.17) is 0 Å². The first-order valence-electron chi connectivity index (χ1n) is 6.00. The Morgan fingerprint density at radius 3 is 2.94 bits per heavy atom. The second kappa shape index (κ2) is 6.36. The van der Waals surface area contributed by atoms with Crippen molar-refractivity contribution in [2.75, 3.05) is 39.3 Å². The summed E-state index contributed by atoms with van der Waals surface area (Å²) in [5.74, 6) is 0.104. The Balaban J connectivity index is 1.60. The van der Waals surface area contributed by atoms with Crippen molar-refractivity contribution in [3.8, 4) is 0 Å². The summed E-state index contributed by atoms with van der Waals surface area (Å²) in [5.41, 5.74) is 0. The largest absolute Gasteiger partial charge is 0.353 e. The zero-order valence-electron chi connectivity index (χ0n) is 9.93. The Hall–Kier alpha value is -1.40. The topological polar surface area (TPSA) is 62.2 Å². The van der Waals surface area contributed by atoms with Gasteiger partial charge in [0.05, 0.1) is 12.9 Å². The highest BCUT2D eigenvalue weighted by Crippen LogP contribution is 1.91. The Bertz CT molecular complexity index is 332. The van der Waals surface area contributed by atoms with E-state index < -0.39 is 0 Å². The first-order valence-corrected chi connectivity index (χ1v) is 6.00. The van der Waals surface area contributed by atoms with Crippen LogP contribution in [-0.2, 0) is 11.3 Å². The molecule has 6 heteroatoms. The highest BCUT2D eigenvalue weighted by atomic mass is 16.2. The first-order chi connectivity index (χ1) is 8.34. The fourth-order valence-corrected chi connectivity index (χ4v) is 1.87. The molecule has 0 aromatic carbocycles. The lowest BCUT2D eigenvalue weighted by molar-refractivity contribution is -0.122. The average molecular weight is 237 g/mol. The van der Waals surface area contributed by atoms with Gasteiger partial charge in [-0.25, -0.2) is 4.98 Å². The van der Waals surface area contributed by atoms with Crippen LogP contribution in [0.25, 0.3) is 0 Å². The van der Waals surface area contributed by atoms with E-state index in [1.165, 1.54) is 0 Å². The van der Waals surface area contributed by atoms with Gasteiger partial charge in [0, 0.05) is 51.7 Å². The molecule has 0 spiro atoms. The minimum atomic E-state index is 0.104. The van der Waals surface area contributed by atoms with E-state index in [0.717, 1.165) is 32.7 Å². The van der Waals surface area contributed by atoms with Crippen LogP contribution >= 0.6 is 0 Å². The van der Waals surface area contributed by atoms with Crippen LogP contribution in [0, 0.1) is 0 Å². The third kappa shape index (κ3) is 4.16. The Morgan fingerprint density at radius 2 is 2.24 bits per heavy atom. The van der Waals surface area contributed by atoms with E-state index in [-0.39, 0.29) is 5.91 Å². The third-order valence-corrected chi connectivity index (χ3v) is 2.83. The van der Waals surface area contributed by atoms with Crippen LogP contribution in [0.1, 0.15) is 0 Å². The minimum absolute atomic E-state index is 0.104. The van der Waals surface area contributed by atoms with Gasteiger partial charge in [0.15, 0.2) is 0 Å². The number of hydrogen-bond donors (Lipinski definition) is 2. The number of carbonyl (C=O) groups is 1. The summed E-state index contributed by atoms with van der Waals surface area (Å²) in [7, 11) is 0. The number of nitrogens with one attached hydrogen (secondary N) is 2. The zero-order chi connectivity index (χ0) is 11.9. The van der Waals surface area contributed by atoms with Gasteiger partial charge in [0.1, 0.15) is 0 Å². The molecule has 1 aliphatic rings. The van der Waals surface area contributed by atoms with Crippen molar-refractivity contribution in [1.29, 1.82) is 0 Å². The second-order valence-corrected chi connectivity index (χ2v) is 4.18. The number of aromatic nitrogens is 2. The van der Waals surface area contributed by atoms with E-state index >= 15 is 0 Å². The summed E-state index contributed by atoms with van der Waals surface area (Å²) in [6.07, 6.45) is 5.38. The molecule has 17 heavy (non-hydrogen) atoms. The lowest BCUT2D eigenvalue weighted by Crippen LogP contribution is -2.47. The van der Waals surface area contributed by atoms with Crippen molar-refractivity contribution in [2.24, 2.45) is 0 Å². The number of imidazole rings is 1. The molecule has 1 amide bonds. The molecular formula is C11H19N5O. The van der Waals surface area contributed by atoms with Crippen molar-refractivity contribution in [3.05, 3.63) is 18.7 Å². The molecule has 1 aromatic rings. The molecule has 2 rings (SSSR count). The third-order valence-electron chi connectivity index (χ3n) is 2.83. The molecule has 0 aliphatic carbocycles. The molecule has 1 saturated heterocycles. The number of rotatable bonds is 5. The molecule has 2 N–H and O–H groups in total. The predicted molar refractivity (Wildman–Crippen MR) is 64.5 cm³/mol. The number of carbonyl (C=O) groups excluding carboxylic acids is 1. The van der Waals surface area contributed by atoms with Gasteiger partial charge < -0.3 is 15.2 Å². The van der Waals surface area contributed by atoms with Gasteiger partial charge in [0.2, 0.25) is 5.91 Å². The van der Waals surface area contributed by atoms with Crippen LogP contribution < -0.4 is 10.6 Å². The number of piperazine rings is 1. The predicted octanol–water partition coefficient (Wildman–Crippen LogP) is -1.10. The van der Waals surface area contributed by atoms with E-state index in [9.17, 15) is 4.79 Å². The quantitative estimate of drug-likeness (QED) is 0.683. The maximum Gasteiger partial charge on any atom is 0.234 e. The fraction of sp³-hybridized carbons (Fsp3) is 0.636. The van der Waals surface area contributed by atoms with Crippen molar-refractivity contribution in [3.63, 3.8) is 0 Å². The highest BCUT2D eigenvalue weighted by molar-refractivity contribution is 5.77. The van der Waals surface area contributed by atoms with Crippen LogP contribution in [0.15, 0.2) is 18.7 Å².